The van der Waals surface area contributed by atoms with Crippen molar-refractivity contribution in [1.29, 1.82) is 0 Å². The van der Waals surface area contributed by atoms with Gasteiger partial charge < -0.3 is 10.1 Å². The fourth-order valence-electron chi connectivity index (χ4n) is 2.08. The zero-order valence-corrected chi connectivity index (χ0v) is 9.23. The van der Waals surface area contributed by atoms with Crippen molar-refractivity contribution < 1.29 is 9.90 Å². The normalized spacial score (nSPS) is 12.8. The van der Waals surface area contributed by atoms with Crippen LogP contribution in [-0.2, 0) is 4.79 Å². The van der Waals surface area contributed by atoms with Crippen LogP contribution in [0.5, 0.6) is 0 Å². The maximum absolute atomic E-state index is 11.2. The fourth-order valence-corrected chi connectivity index (χ4v) is 2.08. The summed E-state index contributed by atoms with van der Waals surface area (Å²) < 4.78 is 0. The van der Waals surface area contributed by atoms with Gasteiger partial charge in [-0.3, -0.25) is 4.79 Å². The standard InChI is InChI=1S/C13H15NO2/c1-2-5-10(13(15)16)11-8-14-12-7-4-3-6-9(11)12/h3-4,6-8,10,14H,2,5H2,1H3,(H,15,16)/t10-/m0/s1. The highest BCUT2D eigenvalue weighted by molar-refractivity contribution is 5.89. The monoisotopic (exact) mass is 217 g/mol. The van der Waals surface area contributed by atoms with Gasteiger partial charge in [-0.05, 0) is 18.1 Å². The molecule has 2 N–H and O–H groups in total. The maximum Gasteiger partial charge on any atom is 0.311 e. The van der Waals surface area contributed by atoms with Gasteiger partial charge in [0.1, 0.15) is 0 Å². The third-order valence-electron chi connectivity index (χ3n) is 2.87. The zero-order chi connectivity index (χ0) is 11.5. The van der Waals surface area contributed by atoms with Crippen LogP contribution in [0.4, 0.5) is 0 Å². The highest BCUT2D eigenvalue weighted by Crippen LogP contribution is 2.28. The van der Waals surface area contributed by atoms with Crippen molar-refractivity contribution in [3.63, 3.8) is 0 Å². The predicted molar refractivity (Wildman–Crippen MR) is 63.6 cm³/mol. The van der Waals surface area contributed by atoms with E-state index in [0.717, 1.165) is 22.9 Å². The molecule has 0 bridgehead atoms. The van der Waals surface area contributed by atoms with Gasteiger partial charge in [0, 0.05) is 17.1 Å². The molecule has 2 rings (SSSR count). The second-order valence-corrected chi connectivity index (χ2v) is 3.97. The van der Waals surface area contributed by atoms with E-state index in [0.29, 0.717) is 6.42 Å². The van der Waals surface area contributed by atoms with E-state index in [2.05, 4.69) is 4.98 Å². The Labute approximate surface area is 94.1 Å². The number of carboxylic acids is 1. The Hall–Kier alpha value is -1.77. The van der Waals surface area contributed by atoms with Crippen molar-refractivity contribution >= 4 is 16.9 Å². The van der Waals surface area contributed by atoms with E-state index in [-0.39, 0.29) is 0 Å². The Morgan fingerprint density at radius 2 is 2.19 bits per heavy atom. The van der Waals surface area contributed by atoms with E-state index in [4.69, 9.17) is 0 Å². The minimum absolute atomic E-state index is 0.402. The van der Waals surface area contributed by atoms with E-state index in [1.807, 2.05) is 37.4 Å². The Kier molecular flexibility index (Phi) is 2.95. The highest BCUT2D eigenvalue weighted by Gasteiger charge is 2.21. The van der Waals surface area contributed by atoms with Crippen LogP contribution in [0, 0.1) is 0 Å². The average molecular weight is 217 g/mol. The van der Waals surface area contributed by atoms with Crippen molar-refractivity contribution in [3.05, 3.63) is 36.0 Å². The lowest BCUT2D eigenvalue weighted by Gasteiger charge is -2.09. The molecule has 84 valence electrons. The van der Waals surface area contributed by atoms with Crippen molar-refractivity contribution in [2.24, 2.45) is 0 Å². The van der Waals surface area contributed by atoms with Crippen molar-refractivity contribution in [1.82, 2.24) is 4.98 Å². The number of fused-ring (bicyclic) bond motifs is 1. The molecule has 0 aliphatic heterocycles. The Bertz CT molecular complexity index is 501. The number of aliphatic carboxylic acids is 1. The third-order valence-corrected chi connectivity index (χ3v) is 2.87. The topological polar surface area (TPSA) is 53.1 Å². The van der Waals surface area contributed by atoms with Gasteiger partial charge in [-0.1, -0.05) is 31.5 Å². The Morgan fingerprint density at radius 1 is 1.44 bits per heavy atom. The molecule has 1 atom stereocenters. The van der Waals surface area contributed by atoms with Gasteiger partial charge in [-0.25, -0.2) is 0 Å². The summed E-state index contributed by atoms with van der Waals surface area (Å²) >= 11 is 0. The van der Waals surface area contributed by atoms with Gasteiger partial charge in [0.25, 0.3) is 0 Å². The van der Waals surface area contributed by atoms with E-state index in [9.17, 15) is 9.90 Å². The number of aromatic amines is 1. The average Bonchev–Trinajstić information content (AvgIpc) is 2.69. The molecule has 3 nitrogen and oxygen atoms in total. The first kappa shape index (κ1) is 10.7. The van der Waals surface area contributed by atoms with Crippen molar-refractivity contribution in [2.75, 3.05) is 0 Å². The number of benzene rings is 1. The van der Waals surface area contributed by atoms with Crippen LogP contribution < -0.4 is 0 Å². The quantitative estimate of drug-likeness (QED) is 0.826. The first-order valence-electron chi connectivity index (χ1n) is 5.53. The second kappa shape index (κ2) is 4.39. The molecule has 1 aromatic heterocycles. The molecular weight excluding hydrogens is 202 g/mol. The molecular formula is C13H15NO2. The number of rotatable bonds is 4. The van der Waals surface area contributed by atoms with Crippen LogP contribution in [0.15, 0.2) is 30.5 Å². The third kappa shape index (κ3) is 1.81. The SMILES string of the molecule is CCC[C@H](C(=O)O)c1c[nH]c2ccccc12. The van der Waals surface area contributed by atoms with Crippen LogP contribution in [-0.4, -0.2) is 16.1 Å². The molecule has 0 unspecified atom stereocenters. The first-order valence-corrected chi connectivity index (χ1v) is 5.53. The molecule has 0 aliphatic carbocycles. The van der Waals surface area contributed by atoms with Crippen molar-refractivity contribution in [2.45, 2.75) is 25.7 Å². The Morgan fingerprint density at radius 3 is 2.88 bits per heavy atom. The number of carboxylic acid groups (broad SMARTS) is 1. The molecule has 0 fully saturated rings. The van der Waals surface area contributed by atoms with Gasteiger partial charge >= 0.3 is 5.97 Å². The molecule has 1 heterocycles. The number of hydrogen-bond donors (Lipinski definition) is 2. The molecule has 2 aromatic rings. The number of nitrogens with one attached hydrogen (secondary N) is 1. The van der Waals surface area contributed by atoms with E-state index in [1.165, 1.54) is 0 Å². The minimum atomic E-state index is -0.744. The van der Waals surface area contributed by atoms with Crippen LogP contribution in [0.3, 0.4) is 0 Å². The van der Waals surface area contributed by atoms with Gasteiger partial charge in [0.15, 0.2) is 0 Å². The van der Waals surface area contributed by atoms with Gasteiger partial charge in [0.2, 0.25) is 0 Å². The summed E-state index contributed by atoms with van der Waals surface area (Å²) in [5.41, 5.74) is 1.89. The number of aromatic nitrogens is 1. The molecule has 0 amide bonds. The number of para-hydroxylation sites is 1. The lowest BCUT2D eigenvalue weighted by molar-refractivity contribution is -0.138. The summed E-state index contributed by atoms with van der Waals surface area (Å²) in [4.78, 5) is 14.3. The summed E-state index contributed by atoms with van der Waals surface area (Å²) in [6, 6.07) is 7.80. The molecule has 0 saturated carbocycles. The molecule has 1 aromatic carbocycles. The molecule has 3 heteroatoms. The van der Waals surface area contributed by atoms with E-state index >= 15 is 0 Å². The van der Waals surface area contributed by atoms with Gasteiger partial charge in [0.05, 0.1) is 5.92 Å². The molecule has 0 spiro atoms. The summed E-state index contributed by atoms with van der Waals surface area (Å²) in [5.74, 6) is -1.15. The minimum Gasteiger partial charge on any atom is -0.481 e. The molecule has 16 heavy (non-hydrogen) atoms. The largest absolute Gasteiger partial charge is 0.481 e. The molecule has 0 saturated heterocycles. The number of hydrogen-bond acceptors (Lipinski definition) is 1. The van der Waals surface area contributed by atoms with Crippen LogP contribution in [0.1, 0.15) is 31.2 Å². The highest BCUT2D eigenvalue weighted by atomic mass is 16.4. The first-order chi connectivity index (χ1) is 7.74. The summed E-state index contributed by atoms with van der Waals surface area (Å²) in [6.45, 7) is 2.00. The lowest BCUT2D eigenvalue weighted by atomic mass is 9.94. The van der Waals surface area contributed by atoms with Crippen LogP contribution >= 0.6 is 0 Å². The summed E-state index contributed by atoms with van der Waals surface area (Å²) in [7, 11) is 0. The lowest BCUT2D eigenvalue weighted by Crippen LogP contribution is -2.10. The smallest absolute Gasteiger partial charge is 0.311 e. The van der Waals surface area contributed by atoms with Crippen molar-refractivity contribution in [3.8, 4) is 0 Å². The van der Waals surface area contributed by atoms with Gasteiger partial charge in [-0.15, -0.1) is 0 Å². The summed E-state index contributed by atoms with van der Waals surface area (Å²) in [6.07, 6.45) is 3.37. The predicted octanol–water partition coefficient (Wildman–Crippen LogP) is 3.14. The maximum atomic E-state index is 11.2. The van der Waals surface area contributed by atoms with Gasteiger partial charge in [-0.2, -0.15) is 0 Å². The van der Waals surface area contributed by atoms with Crippen LogP contribution in [0.2, 0.25) is 0 Å². The van der Waals surface area contributed by atoms with Crippen LogP contribution in [0.25, 0.3) is 10.9 Å². The Balaban J connectivity index is 2.48. The fraction of sp³-hybridized carbons (Fsp3) is 0.308. The molecule has 0 radical (unpaired) electrons. The molecule has 0 aliphatic rings. The van der Waals surface area contributed by atoms with E-state index in [1.54, 1.807) is 0 Å². The summed E-state index contributed by atoms with van der Waals surface area (Å²) in [5, 5.41) is 10.2. The number of carbonyl (C=O) groups is 1. The number of H-pyrrole nitrogens is 1. The second-order valence-electron chi connectivity index (χ2n) is 3.97. The van der Waals surface area contributed by atoms with E-state index < -0.39 is 11.9 Å². The zero-order valence-electron chi connectivity index (χ0n) is 9.23.